The molecule has 0 saturated heterocycles. The van der Waals surface area contributed by atoms with Crippen LogP contribution in [0.2, 0.25) is 0 Å². The van der Waals surface area contributed by atoms with Crippen LogP contribution in [0.1, 0.15) is 61.3 Å². The van der Waals surface area contributed by atoms with Crippen molar-refractivity contribution >= 4 is 6.09 Å². The smallest absolute Gasteiger partial charge is 0.410 e. The van der Waals surface area contributed by atoms with Crippen LogP contribution in [-0.4, -0.2) is 60.4 Å². The van der Waals surface area contributed by atoms with Gasteiger partial charge in [-0.3, -0.25) is 0 Å². The first kappa shape index (κ1) is 23.9. The number of nitrogens with zero attached hydrogens (tertiary/aromatic N) is 1. The monoisotopic (exact) mass is 359 g/mol. The lowest BCUT2D eigenvalue weighted by Crippen LogP contribution is -2.41. The summed E-state index contributed by atoms with van der Waals surface area (Å²) in [5.41, 5.74) is 0.261. The van der Waals surface area contributed by atoms with Crippen molar-refractivity contribution in [3.63, 3.8) is 0 Å². The van der Waals surface area contributed by atoms with Gasteiger partial charge in [-0.05, 0) is 53.0 Å². The molecule has 0 bridgehead atoms. The maximum Gasteiger partial charge on any atom is 0.410 e. The average Bonchev–Trinajstić information content (AvgIpc) is 2.52. The minimum Gasteiger partial charge on any atom is -0.444 e. The molecule has 148 valence electrons. The van der Waals surface area contributed by atoms with E-state index in [1.807, 2.05) is 47.6 Å². The Balaban J connectivity index is 4.59. The van der Waals surface area contributed by atoms with Crippen molar-refractivity contribution in [2.75, 3.05) is 26.3 Å². The van der Waals surface area contributed by atoms with Gasteiger partial charge < -0.3 is 24.2 Å². The predicted octanol–water partition coefficient (Wildman–Crippen LogP) is 3.73. The third kappa shape index (κ3) is 11.2. The van der Waals surface area contributed by atoms with E-state index in [4.69, 9.17) is 14.2 Å². The van der Waals surface area contributed by atoms with E-state index in [9.17, 15) is 9.90 Å². The second-order valence-corrected chi connectivity index (χ2v) is 7.00. The number of rotatable bonds is 11. The van der Waals surface area contributed by atoms with Crippen LogP contribution < -0.4 is 0 Å². The molecule has 1 N–H and O–H groups in total. The van der Waals surface area contributed by atoms with Crippen LogP contribution >= 0.6 is 0 Å². The summed E-state index contributed by atoms with van der Waals surface area (Å²) < 4.78 is 16.5. The van der Waals surface area contributed by atoms with Crippen molar-refractivity contribution in [1.82, 2.24) is 4.90 Å². The lowest BCUT2D eigenvalue weighted by Gasteiger charge is -2.28. The highest BCUT2D eigenvalue weighted by Crippen LogP contribution is 2.11. The Bertz CT molecular complexity index is 403. The van der Waals surface area contributed by atoms with E-state index in [-0.39, 0.29) is 12.7 Å². The van der Waals surface area contributed by atoms with Crippen LogP contribution in [0.25, 0.3) is 0 Å². The van der Waals surface area contributed by atoms with Gasteiger partial charge in [-0.15, -0.1) is 0 Å². The molecule has 0 aromatic rings. The minimum absolute atomic E-state index is 0.153. The van der Waals surface area contributed by atoms with Crippen molar-refractivity contribution in [3.05, 3.63) is 11.6 Å². The van der Waals surface area contributed by atoms with E-state index in [1.54, 1.807) is 4.90 Å². The second-order valence-electron chi connectivity index (χ2n) is 7.00. The molecule has 0 radical (unpaired) electrons. The number of aliphatic hydroxyl groups excluding tert-OH is 1. The number of amides is 1. The van der Waals surface area contributed by atoms with Gasteiger partial charge in [0.2, 0.25) is 0 Å². The first-order valence-electron chi connectivity index (χ1n) is 9.18. The zero-order valence-electron chi connectivity index (χ0n) is 17.0. The lowest BCUT2D eigenvalue weighted by atomic mass is 10.2. The minimum atomic E-state index is -0.938. The number of carbonyl (C=O) groups is 1. The summed E-state index contributed by atoms with van der Waals surface area (Å²) in [4.78, 5) is 13.9. The standard InChI is InChI=1S/C19H37NO5/c1-8-15(4)23-13-11-20(18(22)25-19(5,6)7)12-14-24-17(21)16(9-2)10-3/h9,15,17,21H,8,10-14H2,1-7H3/b16-9-. The first-order valence-corrected chi connectivity index (χ1v) is 9.18. The van der Waals surface area contributed by atoms with Crippen LogP contribution in [0, 0.1) is 0 Å². The highest BCUT2D eigenvalue weighted by atomic mass is 16.6. The van der Waals surface area contributed by atoms with Crippen LogP contribution in [0.15, 0.2) is 11.6 Å². The van der Waals surface area contributed by atoms with Gasteiger partial charge in [-0.1, -0.05) is 19.9 Å². The molecule has 0 aromatic heterocycles. The molecule has 0 rings (SSSR count). The molecule has 0 heterocycles. The number of hydrogen-bond donors (Lipinski definition) is 1. The van der Waals surface area contributed by atoms with Crippen molar-refractivity contribution in [2.45, 2.75) is 79.3 Å². The van der Waals surface area contributed by atoms with Crippen LogP contribution in [0.3, 0.4) is 0 Å². The molecule has 2 unspecified atom stereocenters. The van der Waals surface area contributed by atoms with E-state index in [0.29, 0.717) is 19.7 Å². The molecular weight excluding hydrogens is 322 g/mol. The summed E-state index contributed by atoms with van der Waals surface area (Å²) >= 11 is 0. The molecule has 6 heteroatoms. The third-order valence-electron chi connectivity index (χ3n) is 3.72. The van der Waals surface area contributed by atoms with Crippen LogP contribution in [-0.2, 0) is 14.2 Å². The molecule has 2 atom stereocenters. The van der Waals surface area contributed by atoms with Gasteiger partial charge in [0.1, 0.15) is 5.60 Å². The SMILES string of the molecule is C/C=C(/CC)C(O)OCCN(CCOC(C)CC)C(=O)OC(C)(C)C. The molecule has 6 nitrogen and oxygen atoms in total. The van der Waals surface area contributed by atoms with Gasteiger partial charge in [-0.25, -0.2) is 4.79 Å². The Morgan fingerprint density at radius 2 is 1.72 bits per heavy atom. The fraction of sp³-hybridized carbons (Fsp3) is 0.842. The Labute approximate surface area is 153 Å². The van der Waals surface area contributed by atoms with Gasteiger partial charge >= 0.3 is 6.09 Å². The summed E-state index contributed by atoms with van der Waals surface area (Å²) in [7, 11) is 0. The molecule has 0 aromatic carbocycles. The average molecular weight is 360 g/mol. The topological polar surface area (TPSA) is 68.2 Å². The van der Waals surface area contributed by atoms with E-state index >= 15 is 0 Å². The maximum atomic E-state index is 12.3. The molecule has 0 aliphatic heterocycles. The number of hydrogen-bond acceptors (Lipinski definition) is 5. The van der Waals surface area contributed by atoms with Crippen LogP contribution in [0.5, 0.6) is 0 Å². The zero-order valence-corrected chi connectivity index (χ0v) is 17.0. The molecular formula is C19H37NO5. The van der Waals surface area contributed by atoms with Gasteiger partial charge in [0.25, 0.3) is 0 Å². The Hall–Kier alpha value is -1.11. The van der Waals surface area contributed by atoms with Crippen molar-refractivity contribution in [3.8, 4) is 0 Å². The van der Waals surface area contributed by atoms with E-state index in [0.717, 1.165) is 18.4 Å². The lowest BCUT2D eigenvalue weighted by molar-refractivity contribution is -0.0803. The normalized spacial score (nSPS) is 15.0. The molecule has 0 saturated carbocycles. The predicted molar refractivity (Wildman–Crippen MR) is 99.5 cm³/mol. The Morgan fingerprint density at radius 3 is 2.16 bits per heavy atom. The second kappa shape index (κ2) is 12.3. The van der Waals surface area contributed by atoms with Crippen molar-refractivity contribution < 1.29 is 24.1 Å². The summed E-state index contributed by atoms with van der Waals surface area (Å²) in [5, 5.41) is 9.98. The summed E-state index contributed by atoms with van der Waals surface area (Å²) in [6.07, 6.45) is 2.30. The molecule has 0 aliphatic carbocycles. The largest absolute Gasteiger partial charge is 0.444 e. The Kier molecular flexibility index (Phi) is 11.7. The van der Waals surface area contributed by atoms with Crippen LogP contribution in [0.4, 0.5) is 4.79 Å². The summed E-state index contributed by atoms with van der Waals surface area (Å²) in [6, 6.07) is 0. The molecule has 1 amide bonds. The Morgan fingerprint density at radius 1 is 1.16 bits per heavy atom. The molecule has 0 fully saturated rings. The summed E-state index contributed by atoms with van der Waals surface area (Å²) in [5.74, 6) is 0. The number of aliphatic hydroxyl groups is 1. The molecule has 25 heavy (non-hydrogen) atoms. The van der Waals surface area contributed by atoms with Gasteiger partial charge in [0, 0.05) is 13.1 Å². The number of carbonyl (C=O) groups excluding carboxylic acids is 1. The van der Waals surface area contributed by atoms with Gasteiger partial charge in [0.05, 0.1) is 19.3 Å². The zero-order chi connectivity index (χ0) is 19.5. The van der Waals surface area contributed by atoms with E-state index < -0.39 is 18.0 Å². The van der Waals surface area contributed by atoms with Gasteiger partial charge in [-0.2, -0.15) is 0 Å². The quantitative estimate of drug-likeness (QED) is 0.450. The highest BCUT2D eigenvalue weighted by Gasteiger charge is 2.22. The molecule has 0 spiro atoms. The molecule has 0 aliphatic rings. The fourth-order valence-electron chi connectivity index (χ4n) is 2.01. The maximum absolute atomic E-state index is 12.3. The highest BCUT2D eigenvalue weighted by molar-refractivity contribution is 5.68. The first-order chi connectivity index (χ1) is 11.6. The van der Waals surface area contributed by atoms with Gasteiger partial charge in [0.15, 0.2) is 6.29 Å². The van der Waals surface area contributed by atoms with Crippen molar-refractivity contribution in [1.29, 1.82) is 0 Å². The van der Waals surface area contributed by atoms with E-state index in [1.165, 1.54) is 0 Å². The third-order valence-corrected chi connectivity index (χ3v) is 3.72. The fourth-order valence-corrected chi connectivity index (χ4v) is 2.01. The summed E-state index contributed by atoms with van der Waals surface area (Å²) in [6.45, 7) is 14.8. The van der Waals surface area contributed by atoms with E-state index in [2.05, 4.69) is 6.92 Å². The van der Waals surface area contributed by atoms with Crippen molar-refractivity contribution in [2.24, 2.45) is 0 Å². The number of ether oxygens (including phenoxy) is 3. The number of allylic oxidation sites excluding steroid dienone is 1.